The highest BCUT2D eigenvalue weighted by Crippen LogP contribution is 2.41. The molecule has 0 radical (unpaired) electrons. The van der Waals surface area contributed by atoms with Crippen molar-refractivity contribution in [1.29, 1.82) is 0 Å². The standard InChI is InChI=1S/C11H15N5OS2/c1-7-10(19-3-2-18-7)11-14-9(17-15-11)6-16-5-8(12)4-13-16/h4-5,7,10H,2-3,6,12H2,1H3. The van der Waals surface area contributed by atoms with Gasteiger partial charge >= 0.3 is 0 Å². The third kappa shape index (κ3) is 2.89. The summed E-state index contributed by atoms with van der Waals surface area (Å²) in [5.74, 6) is 3.69. The number of nitrogen functional groups attached to an aromatic ring is 1. The number of rotatable bonds is 3. The Morgan fingerprint density at radius 2 is 2.32 bits per heavy atom. The van der Waals surface area contributed by atoms with Crippen molar-refractivity contribution in [2.24, 2.45) is 0 Å². The molecule has 102 valence electrons. The molecule has 2 aromatic rings. The largest absolute Gasteiger partial charge is 0.396 e. The lowest BCUT2D eigenvalue weighted by molar-refractivity contribution is 0.361. The van der Waals surface area contributed by atoms with Crippen molar-refractivity contribution in [2.75, 3.05) is 17.2 Å². The highest BCUT2D eigenvalue weighted by molar-refractivity contribution is 8.06. The van der Waals surface area contributed by atoms with Crippen molar-refractivity contribution < 1.29 is 4.52 Å². The summed E-state index contributed by atoms with van der Waals surface area (Å²) in [6.07, 6.45) is 3.35. The summed E-state index contributed by atoms with van der Waals surface area (Å²) in [6, 6.07) is 0. The minimum absolute atomic E-state index is 0.318. The molecule has 0 spiro atoms. The molecule has 3 heterocycles. The average molecular weight is 297 g/mol. The van der Waals surface area contributed by atoms with Crippen LogP contribution in [0.2, 0.25) is 0 Å². The lowest BCUT2D eigenvalue weighted by Crippen LogP contribution is -2.17. The second-order valence-electron chi connectivity index (χ2n) is 4.38. The van der Waals surface area contributed by atoms with Gasteiger partial charge in [0.05, 0.1) is 17.1 Å². The Labute approximate surface area is 119 Å². The Hall–Kier alpha value is -1.15. The molecule has 1 aliphatic heterocycles. The molecule has 1 aliphatic rings. The van der Waals surface area contributed by atoms with Gasteiger partial charge < -0.3 is 10.3 Å². The van der Waals surface area contributed by atoms with E-state index in [0.29, 0.717) is 28.6 Å². The summed E-state index contributed by atoms with van der Waals surface area (Å²) in [5.41, 5.74) is 6.25. The van der Waals surface area contributed by atoms with Crippen molar-refractivity contribution in [3.05, 3.63) is 24.1 Å². The van der Waals surface area contributed by atoms with Crippen LogP contribution in [0.4, 0.5) is 5.69 Å². The van der Waals surface area contributed by atoms with E-state index in [0.717, 1.165) is 11.6 Å². The summed E-state index contributed by atoms with van der Waals surface area (Å²) in [4.78, 5) is 4.48. The minimum Gasteiger partial charge on any atom is -0.396 e. The van der Waals surface area contributed by atoms with Gasteiger partial charge in [0.25, 0.3) is 0 Å². The van der Waals surface area contributed by atoms with Crippen LogP contribution in [0.5, 0.6) is 0 Å². The van der Waals surface area contributed by atoms with E-state index in [9.17, 15) is 0 Å². The van der Waals surface area contributed by atoms with E-state index in [4.69, 9.17) is 10.3 Å². The molecule has 6 nitrogen and oxygen atoms in total. The van der Waals surface area contributed by atoms with Crippen molar-refractivity contribution >= 4 is 29.2 Å². The zero-order valence-electron chi connectivity index (χ0n) is 10.5. The molecule has 2 N–H and O–H groups in total. The van der Waals surface area contributed by atoms with E-state index in [2.05, 4.69) is 22.2 Å². The van der Waals surface area contributed by atoms with Crippen LogP contribution in [0.15, 0.2) is 16.9 Å². The molecular formula is C11H15N5OS2. The van der Waals surface area contributed by atoms with E-state index in [1.807, 2.05) is 23.5 Å². The fraction of sp³-hybridized carbons (Fsp3) is 0.545. The van der Waals surface area contributed by atoms with Gasteiger partial charge in [-0.05, 0) is 0 Å². The molecular weight excluding hydrogens is 282 g/mol. The lowest BCUT2D eigenvalue weighted by Gasteiger charge is -2.24. The number of thioether (sulfide) groups is 2. The number of hydrogen-bond donors (Lipinski definition) is 1. The molecule has 0 aliphatic carbocycles. The minimum atomic E-state index is 0.318. The van der Waals surface area contributed by atoms with Gasteiger partial charge in [-0.2, -0.15) is 21.8 Å². The smallest absolute Gasteiger partial charge is 0.248 e. The van der Waals surface area contributed by atoms with Crippen molar-refractivity contribution in [1.82, 2.24) is 19.9 Å². The SMILES string of the molecule is CC1SCCSC1c1noc(Cn2cc(N)cn2)n1. The van der Waals surface area contributed by atoms with Gasteiger partial charge in [-0.3, -0.25) is 4.68 Å². The maximum atomic E-state index is 5.62. The van der Waals surface area contributed by atoms with Crippen LogP contribution in [0.25, 0.3) is 0 Å². The van der Waals surface area contributed by atoms with E-state index in [1.54, 1.807) is 17.1 Å². The van der Waals surface area contributed by atoms with E-state index >= 15 is 0 Å². The van der Waals surface area contributed by atoms with Gasteiger partial charge in [0.1, 0.15) is 6.54 Å². The third-order valence-electron chi connectivity index (χ3n) is 2.88. The van der Waals surface area contributed by atoms with Crippen molar-refractivity contribution in [2.45, 2.75) is 24.0 Å². The molecule has 0 amide bonds. The molecule has 8 heteroatoms. The number of nitrogens with zero attached hydrogens (tertiary/aromatic N) is 4. The predicted octanol–water partition coefficient (Wildman–Crippen LogP) is 1.81. The average Bonchev–Trinajstić information content (AvgIpc) is 3.00. The van der Waals surface area contributed by atoms with E-state index in [1.165, 1.54) is 5.75 Å². The first kappa shape index (κ1) is 12.9. The monoisotopic (exact) mass is 297 g/mol. The van der Waals surface area contributed by atoms with Gasteiger partial charge in [-0.25, -0.2) is 0 Å². The number of aromatic nitrogens is 4. The normalized spacial score (nSPS) is 23.6. The van der Waals surface area contributed by atoms with Gasteiger partial charge in [0, 0.05) is 23.0 Å². The Balaban J connectivity index is 1.72. The van der Waals surface area contributed by atoms with Crippen LogP contribution in [0.1, 0.15) is 23.9 Å². The zero-order valence-corrected chi connectivity index (χ0v) is 12.2. The molecule has 3 rings (SSSR count). The van der Waals surface area contributed by atoms with Crippen LogP contribution in [-0.4, -0.2) is 36.7 Å². The Morgan fingerprint density at radius 3 is 3.05 bits per heavy atom. The Bertz CT molecular complexity index is 555. The van der Waals surface area contributed by atoms with Crippen molar-refractivity contribution in [3.8, 4) is 0 Å². The highest BCUT2D eigenvalue weighted by Gasteiger charge is 2.28. The van der Waals surface area contributed by atoms with Crippen LogP contribution >= 0.6 is 23.5 Å². The van der Waals surface area contributed by atoms with Crippen LogP contribution in [0, 0.1) is 0 Å². The van der Waals surface area contributed by atoms with E-state index < -0.39 is 0 Å². The zero-order chi connectivity index (χ0) is 13.2. The first-order valence-corrected chi connectivity index (χ1v) is 8.16. The van der Waals surface area contributed by atoms with Gasteiger partial charge in [0.2, 0.25) is 5.89 Å². The molecule has 1 saturated heterocycles. The van der Waals surface area contributed by atoms with Crippen LogP contribution < -0.4 is 5.73 Å². The van der Waals surface area contributed by atoms with Crippen molar-refractivity contribution in [3.63, 3.8) is 0 Å². The lowest BCUT2D eigenvalue weighted by atomic mass is 10.3. The highest BCUT2D eigenvalue weighted by atomic mass is 32.2. The number of anilines is 1. The molecule has 2 aromatic heterocycles. The topological polar surface area (TPSA) is 82.8 Å². The molecule has 2 unspecified atom stereocenters. The molecule has 0 aromatic carbocycles. The van der Waals surface area contributed by atoms with Gasteiger partial charge in [-0.1, -0.05) is 12.1 Å². The fourth-order valence-electron chi connectivity index (χ4n) is 1.97. The number of nitrogens with two attached hydrogens (primary N) is 1. The van der Waals surface area contributed by atoms with Crippen LogP contribution in [-0.2, 0) is 6.54 Å². The predicted molar refractivity (Wildman–Crippen MR) is 77.2 cm³/mol. The summed E-state index contributed by atoms with van der Waals surface area (Å²) in [7, 11) is 0. The maximum absolute atomic E-state index is 5.62. The summed E-state index contributed by atoms with van der Waals surface area (Å²) < 4.78 is 6.99. The first-order valence-electron chi connectivity index (χ1n) is 6.06. The third-order valence-corrected chi connectivity index (χ3v) is 5.96. The van der Waals surface area contributed by atoms with E-state index in [-0.39, 0.29) is 0 Å². The molecule has 2 atom stereocenters. The first-order chi connectivity index (χ1) is 9.22. The summed E-state index contributed by atoms with van der Waals surface area (Å²) in [5, 5.41) is 9.04. The molecule has 0 bridgehead atoms. The van der Waals surface area contributed by atoms with Gasteiger partial charge in [0.15, 0.2) is 5.82 Å². The van der Waals surface area contributed by atoms with Gasteiger partial charge in [-0.15, -0.1) is 11.8 Å². The fourth-order valence-corrected chi connectivity index (χ4v) is 4.65. The molecule has 1 fully saturated rings. The summed E-state index contributed by atoms with van der Waals surface area (Å²) in [6.45, 7) is 2.68. The molecule has 19 heavy (non-hydrogen) atoms. The number of hydrogen-bond acceptors (Lipinski definition) is 7. The molecule has 0 saturated carbocycles. The van der Waals surface area contributed by atoms with Crippen LogP contribution in [0.3, 0.4) is 0 Å². The maximum Gasteiger partial charge on any atom is 0.248 e. The Morgan fingerprint density at radius 1 is 1.47 bits per heavy atom. The summed E-state index contributed by atoms with van der Waals surface area (Å²) >= 11 is 3.86. The Kier molecular flexibility index (Phi) is 3.69. The quantitative estimate of drug-likeness (QED) is 0.925. The second kappa shape index (κ2) is 5.46. The second-order valence-corrected chi connectivity index (χ2v) is 7.12.